The number of nitrogens with zero attached hydrogens (tertiary/aromatic N) is 4. The first-order valence-electron chi connectivity index (χ1n) is 14.8. The van der Waals surface area contributed by atoms with Crippen LogP contribution < -0.4 is 4.90 Å². The van der Waals surface area contributed by atoms with Crippen LogP contribution in [-0.2, 0) is 17.6 Å². The molecule has 2 aromatic carbocycles. The maximum atomic E-state index is 14.0. The van der Waals surface area contributed by atoms with Crippen LogP contribution in [0.4, 0.5) is 5.95 Å². The number of carbonyl (C=O) groups is 2. The second-order valence-electron chi connectivity index (χ2n) is 11.4. The SMILES string of the molecule is Cc1ccccc1CCc1nc(N2CCC[C@H]2c2ccc(Cl)cc2)ncc1C(=O)N(CC(=O)O)CC1CCCCC1. The third kappa shape index (κ3) is 7.25. The van der Waals surface area contributed by atoms with Crippen molar-refractivity contribution in [2.24, 2.45) is 5.92 Å². The summed E-state index contributed by atoms with van der Waals surface area (Å²) in [6.07, 6.45) is 10.4. The molecule has 3 aromatic rings. The zero-order chi connectivity index (χ0) is 28.8. The van der Waals surface area contributed by atoms with Gasteiger partial charge in [0.25, 0.3) is 5.91 Å². The number of carboxylic acids is 1. The van der Waals surface area contributed by atoms with E-state index in [0.29, 0.717) is 41.1 Å². The normalized spacial score (nSPS) is 17.5. The standard InChI is InChI=1S/C33H39ClN4O3/c1-23-8-5-6-11-25(23)15-18-29-28(32(41)37(22-31(39)40)21-24-9-3-2-4-10-24)20-35-33(36-29)38-19-7-12-30(38)26-13-16-27(34)17-14-26/h5-6,8,11,13-14,16-17,20,24,30H,2-4,7,9-10,12,15,18-19,21-22H2,1H3,(H,39,40)/t30-/m0/s1. The van der Waals surface area contributed by atoms with Crippen LogP contribution in [0.2, 0.25) is 5.02 Å². The van der Waals surface area contributed by atoms with Crippen molar-refractivity contribution in [2.45, 2.75) is 70.8 Å². The number of carbonyl (C=O) groups excluding carboxylic acids is 1. The molecule has 8 heteroatoms. The predicted molar refractivity (Wildman–Crippen MR) is 162 cm³/mol. The predicted octanol–water partition coefficient (Wildman–Crippen LogP) is 6.67. The van der Waals surface area contributed by atoms with E-state index in [4.69, 9.17) is 21.6 Å². The zero-order valence-corrected chi connectivity index (χ0v) is 24.5. The average Bonchev–Trinajstić information content (AvgIpc) is 3.47. The summed E-state index contributed by atoms with van der Waals surface area (Å²) in [4.78, 5) is 39.2. The second-order valence-corrected chi connectivity index (χ2v) is 11.9. The molecule has 2 fully saturated rings. The van der Waals surface area contributed by atoms with Crippen molar-refractivity contribution in [2.75, 3.05) is 24.5 Å². The fourth-order valence-electron chi connectivity index (χ4n) is 6.33. The number of anilines is 1. The van der Waals surface area contributed by atoms with Crippen LogP contribution in [-0.4, -0.2) is 51.5 Å². The maximum Gasteiger partial charge on any atom is 0.323 e. The van der Waals surface area contributed by atoms with Crippen LogP contribution in [0.15, 0.2) is 54.7 Å². The zero-order valence-electron chi connectivity index (χ0n) is 23.8. The molecule has 1 N–H and O–H groups in total. The quantitative estimate of drug-likeness (QED) is 0.291. The Morgan fingerprint density at radius 1 is 1.00 bits per heavy atom. The van der Waals surface area contributed by atoms with Crippen molar-refractivity contribution in [3.8, 4) is 0 Å². The molecule has 1 aliphatic heterocycles. The minimum atomic E-state index is -1.00. The molecule has 1 atom stereocenters. The van der Waals surface area contributed by atoms with E-state index in [9.17, 15) is 14.7 Å². The molecule has 5 rings (SSSR count). The third-order valence-corrected chi connectivity index (χ3v) is 8.81. The maximum absolute atomic E-state index is 14.0. The van der Waals surface area contributed by atoms with E-state index in [2.05, 4.69) is 36.1 Å². The molecule has 0 radical (unpaired) electrons. The van der Waals surface area contributed by atoms with E-state index in [-0.39, 0.29) is 18.5 Å². The van der Waals surface area contributed by atoms with Crippen molar-refractivity contribution in [3.05, 3.63) is 87.7 Å². The summed E-state index contributed by atoms with van der Waals surface area (Å²) in [6, 6.07) is 16.3. The summed E-state index contributed by atoms with van der Waals surface area (Å²) in [5, 5.41) is 10.4. The highest BCUT2D eigenvalue weighted by Gasteiger charge is 2.31. The number of hydrogen-bond donors (Lipinski definition) is 1. The molecule has 0 bridgehead atoms. The van der Waals surface area contributed by atoms with E-state index >= 15 is 0 Å². The summed E-state index contributed by atoms with van der Waals surface area (Å²) in [6.45, 7) is 3.05. The van der Waals surface area contributed by atoms with Gasteiger partial charge in [-0.25, -0.2) is 9.97 Å². The van der Waals surface area contributed by atoms with E-state index in [0.717, 1.165) is 57.1 Å². The Hall–Kier alpha value is -3.45. The van der Waals surface area contributed by atoms with Crippen LogP contribution in [0.1, 0.15) is 83.7 Å². The van der Waals surface area contributed by atoms with Crippen LogP contribution in [0.3, 0.4) is 0 Å². The number of aromatic nitrogens is 2. The fraction of sp³-hybridized carbons (Fsp3) is 0.455. The third-order valence-electron chi connectivity index (χ3n) is 8.56. The Bertz CT molecular complexity index is 1360. The average molecular weight is 575 g/mol. The van der Waals surface area contributed by atoms with Crippen molar-refractivity contribution in [1.82, 2.24) is 14.9 Å². The van der Waals surface area contributed by atoms with Crippen molar-refractivity contribution in [3.63, 3.8) is 0 Å². The number of halogens is 1. The topological polar surface area (TPSA) is 86.6 Å². The van der Waals surface area contributed by atoms with Crippen molar-refractivity contribution < 1.29 is 14.7 Å². The number of benzene rings is 2. The second kappa shape index (κ2) is 13.5. The minimum Gasteiger partial charge on any atom is -0.480 e. The van der Waals surface area contributed by atoms with Gasteiger partial charge in [-0.1, -0.05) is 67.3 Å². The molecule has 216 valence electrons. The Balaban J connectivity index is 1.46. The summed E-state index contributed by atoms with van der Waals surface area (Å²) in [5.41, 5.74) is 4.64. The number of carboxylic acid groups (broad SMARTS) is 1. The Labute approximate surface area is 247 Å². The number of hydrogen-bond acceptors (Lipinski definition) is 5. The lowest BCUT2D eigenvalue weighted by Crippen LogP contribution is -2.40. The first-order chi connectivity index (χ1) is 19.9. The van der Waals surface area contributed by atoms with Gasteiger partial charge >= 0.3 is 5.97 Å². The molecule has 0 spiro atoms. The van der Waals surface area contributed by atoms with Gasteiger partial charge in [0.1, 0.15) is 6.54 Å². The van der Waals surface area contributed by atoms with Gasteiger partial charge < -0.3 is 14.9 Å². The molecule has 2 heterocycles. The molecule has 0 unspecified atom stereocenters. The highest BCUT2D eigenvalue weighted by atomic mass is 35.5. The molecule has 1 amide bonds. The molecule has 7 nitrogen and oxygen atoms in total. The van der Waals surface area contributed by atoms with Gasteiger partial charge in [0.05, 0.1) is 17.3 Å². The number of aliphatic carboxylic acids is 1. The molecule has 1 saturated heterocycles. The van der Waals surface area contributed by atoms with Gasteiger partial charge in [-0.3, -0.25) is 9.59 Å². The smallest absolute Gasteiger partial charge is 0.323 e. The van der Waals surface area contributed by atoms with E-state index in [1.54, 1.807) is 6.20 Å². The number of aryl methyl sites for hydroxylation is 3. The molecule has 41 heavy (non-hydrogen) atoms. The lowest BCUT2D eigenvalue weighted by molar-refractivity contribution is -0.137. The highest BCUT2D eigenvalue weighted by Crippen LogP contribution is 2.35. The summed E-state index contributed by atoms with van der Waals surface area (Å²) >= 11 is 6.14. The van der Waals surface area contributed by atoms with Crippen LogP contribution in [0.5, 0.6) is 0 Å². The summed E-state index contributed by atoms with van der Waals surface area (Å²) in [5.74, 6) is -0.362. The van der Waals surface area contributed by atoms with E-state index < -0.39 is 5.97 Å². The first kappa shape index (κ1) is 29.1. The van der Waals surface area contributed by atoms with Gasteiger partial charge in [0, 0.05) is 24.3 Å². The minimum absolute atomic E-state index is 0.132. The van der Waals surface area contributed by atoms with Gasteiger partial charge in [-0.15, -0.1) is 0 Å². The van der Waals surface area contributed by atoms with Crippen LogP contribution in [0.25, 0.3) is 0 Å². The van der Waals surface area contributed by atoms with Gasteiger partial charge in [-0.05, 0) is 80.2 Å². The highest BCUT2D eigenvalue weighted by molar-refractivity contribution is 6.30. The fourth-order valence-corrected chi connectivity index (χ4v) is 6.46. The molecule has 2 aliphatic rings. The van der Waals surface area contributed by atoms with E-state index in [1.807, 2.05) is 24.3 Å². The summed E-state index contributed by atoms with van der Waals surface area (Å²) < 4.78 is 0. The lowest BCUT2D eigenvalue weighted by atomic mass is 9.89. The lowest BCUT2D eigenvalue weighted by Gasteiger charge is -2.30. The first-order valence-corrected chi connectivity index (χ1v) is 15.2. The Morgan fingerprint density at radius 3 is 2.49 bits per heavy atom. The van der Waals surface area contributed by atoms with Gasteiger partial charge in [-0.2, -0.15) is 0 Å². The van der Waals surface area contributed by atoms with Gasteiger partial charge in [0.15, 0.2) is 0 Å². The van der Waals surface area contributed by atoms with Crippen molar-refractivity contribution >= 4 is 29.4 Å². The molecule has 1 aromatic heterocycles. The largest absolute Gasteiger partial charge is 0.480 e. The molecular formula is C33H39ClN4O3. The van der Waals surface area contributed by atoms with Gasteiger partial charge in [0.2, 0.25) is 5.95 Å². The number of amides is 1. The monoisotopic (exact) mass is 574 g/mol. The molecular weight excluding hydrogens is 536 g/mol. The Morgan fingerprint density at radius 2 is 1.76 bits per heavy atom. The molecule has 1 aliphatic carbocycles. The van der Waals surface area contributed by atoms with Crippen LogP contribution in [0, 0.1) is 12.8 Å². The van der Waals surface area contributed by atoms with Crippen LogP contribution >= 0.6 is 11.6 Å². The number of rotatable bonds is 10. The van der Waals surface area contributed by atoms with Crippen molar-refractivity contribution in [1.29, 1.82) is 0 Å². The molecule has 1 saturated carbocycles. The Kier molecular flexibility index (Phi) is 9.55. The summed E-state index contributed by atoms with van der Waals surface area (Å²) in [7, 11) is 0. The van der Waals surface area contributed by atoms with E-state index in [1.165, 1.54) is 22.4 Å².